The van der Waals surface area contributed by atoms with Gasteiger partial charge in [0.25, 0.3) is 0 Å². The summed E-state index contributed by atoms with van der Waals surface area (Å²) in [6.07, 6.45) is 7.84. The monoisotopic (exact) mass is 284 g/mol. The molecule has 0 aromatic rings. The summed E-state index contributed by atoms with van der Waals surface area (Å²) in [5.74, 6) is 0. The minimum atomic E-state index is 0.365. The van der Waals surface area contributed by atoms with Crippen LogP contribution in [0.5, 0.6) is 0 Å². The van der Waals surface area contributed by atoms with Crippen LogP contribution in [0.2, 0.25) is 0 Å². The van der Waals surface area contributed by atoms with Gasteiger partial charge in [0.05, 0.1) is 0 Å². The molecule has 0 amide bonds. The summed E-state index contributed by atoms with van der Waals surface area (Å²) in [4.78, 5) is 2.86. The van der Waals surface area contributed by atoms with E-state index in [0.29, 0.717) is 11.5 Å². The van der Waals surface area contributed by atoms with Crippen molar-refractivity contribution in [1.82, 2.24) is 10.2 Å². The van der Waals surface area contributed by atoms with Crippen molar-refractivity contribution in [1.29, 1.82) is 0 Å². The molecule has 4 unspecified atom stereocenters. The largest absolute Gasteiger partial charge is 0.311 e. The molecule has 0 spiro atoms. The quantitative estimate of drug-likeness (QED) is 0.855. The van der Waals surface area contributed by atoms with E-state index in [0.717, 1.165) is 17.3 Å². The van der Waals surface area contributed by atoms with Crippen molar-refractivity contribution in [2.24, 2.45) is 5.41 Å². The molecule has 3 heteroatoms. The van der Waals surface area contributed by atoms with Gasteiger partial charge >= 0.3 is 0 Å². The molecule has 0 aromatic carbocycles. The predicted molar refractivity (Wildman–Crippen MR) is 87.0 cm³/mol. The first-order valence-corrected chi connectivity index (χ1v) is 9.28. The number of thioether (sulfide) groups is 1. The van der Waals surface area contributed by atoms with Gasteiger partial charge in [-0.05, 0) is 30.9 Å². The molecule has 0 aromatic heterocycles. The summed E-state index contributed by atoms with van der Waals surface area (Å²) in [5, 5.41) is 4.67. The second-order valence-electron chi connectivity index (χ2n) is 7.36. The van der Waals surface area contributed by atoms with Gasteiger partial charge in [-0.25, -0.2) is 0 Å². The molecular weight excluding hydrogens is 252 g/mol. The van der Waals surface area contributed by atoms with E-state index in [1.807, 2.05) is 0 Å². The van der Waals surface area contributed by atoms with Crippen LogP contribution in [0.4, 0.5) is 0 Å². The van der Waals surface area contributed by atoms with E-state index in [1.54, 1.807) is 0 Å². The normalized spacial score (nSPS) is 37.7. The lowest BCUT2D eigenvalue weighted by atomic mass is 9.84. The van der Waals surface area contributed by atoms with Crippen LogP contribution in [0, 0.1) is 5.41 Å². The van der Waals surface area contributed by atoms with Crippen LogP contribution < -0.4 is 5.32 Å². The molecule has 1 heterocycles. The van der Waals surface area contributed by atoms with Gasteiger partial charge in [-0.15, -0.1) is 0 Å². The molecule has 2 aliphatic rings. The molecule has 0 bridgehead atoms. The van der Waals surface area contributed by atoms with Gasteiger partial charge in [0, 0.05) is 36.5 Å². The highest BCUT2D eigenvalue weighted by Crippen LogP contribution is 2.35. The Balaban J connectivity index is 2.09. The molecule has 1 N–H and O–H groups in total. The summed E-state index contributed by atoms with van der Waals surface area (Å²) in [5.41, 5.74) is 0.365. The molecule has 2 rings (SSSR count). The van der Waals surface area contributed by atoms with Gasteiger partial charge in [0.2, 0.25) is 0 Å². The number of hydrogen-bond donors (Lipinski definition) is 1. The summed E-state index contributed by atoms with van der Waals surface area (Å²) in [6.45, 7) is 11.9. The van der Waals surface area contributed by atoms with Crippen LogP contribution in [-0.2, 0) is 0 Å². The van der Waals surface area contributed by atoms with Crippen molar-refractivity contribution in [3.8, 4) is 0 Å². The minimum absolute atomic E-state index is 0.365. The zero-order chi connectivity index (χ0) is 14.0. The Hall–Kier alpha value is 0.270. The summed E-state index contributed by atoms with van der Waals surface area (Å²) < 4.78 is 0. The number of hydrogen-bond acceptors (Lipinski definition) is 3. The standard InChI is InChI=1S/C16H32N2S/c1-6-12-10-17-15(16(2,3)4)11-18(12)13-8-7-9-14(13)19-5/h12-15,17H,6-11H2,1-5H3. The lowest BCUT2D eigenvalue weighted by molar-refractivity contribution is 0.0513. The van der Waals surface area contributed by atoms with Crippen molar-refractivity contribution in [2.45, 2.75) is 76.8 Å². The third-order valence-electron chi connectivity index (χ3n) is 5.13. The zero-order valence-electron chi connectivity index (χ0n) is 13.4. The molecular formula is C16H32N2S. The van der Waals surface area contributed by atoms with Gasteiger partial charge in [0.15, 0.2) is 0 Å². The first-order chi connectivity index (χ1) is 8.97. The summed E-state index contributed by atoms with van der Waals surface area (Å²) in [7, 11) is 0. The Morgan fingerprint density at radius 3 is 2.58 bits per heavy atom. The third-order valence-corrected chi connectivity index (χ3v) is 6.28. The van der Waals surface area contributed by atoms with Crippen molar-refractivity contribution in [3.05, 3.63) is 0 Å². The Kier molecular flexibility index (Phi) is 5.24. The highest BCUT2D eigenvalue weighted by atomic mass is 32.2. The molecule has 19 heavy (non-hydrogen) atoms. The van der Waals surface area contributed by atoms with E-state index in [9.17, 15) is 0 Å². The van der Waals surface area contributed by atoms with E-state index in [-0.39, 0.29) is 0 Å². The van der Waals surface area contributed by atoms with Crippen LogP contribution in [0.1, 0.15) is 53.4 Å². The van der Waals surface area contributed by atoms with Gasteiger partial charge in [-0.3, -0.25) is 4.90 Å². The second kappa shape index (κ2) is 6.36. The van der Waals surface area contributed by atoms with Crippen LogP contribution in [0.15, 0.2) is 0 Å². The maximum atomic E-state index is 3.80. The van der Waals surface area contributed by atoms with Gasteiger partial charge in [0.1, 0.15) is 0 Å². The van der Waals surface area contributed by atoms with E-state index < -0.39 is 0 Å². The molecule has 2 nitrogen and oxygen atoms in total. The number of nitrogens with one attached hydrogen (secondary N) is 1. The minimum Gasteiger partial charge on any atom is -0.311 e. The average molecular weight is 285 g/mol. The van der Waals surface area contributed by atoms with E-state index in [2.05, 4.69) is 55.9 Å². The second-order valence-corrected chi connectivity index (χ2v) is 8.44. The Labute approximate surface area is 124 Å². The van der Waals surface area contributed by atoms with Crippen molar-refractivity contribution in [3.63, 3.8) is 0 Å². The van der Waals surface area contributed by atoms with Crippen molar-refractivity contribution in [2.75, 3.05) is 19.3 Å². The molecule has 112 valence electrons. The molecule has 2 fully saturated rings. The SMILES string of the molecule is CCC1CNC(C(C)(C)C)CN1C1CCCC1SC. The fourth-order valence-corrected chi connectivity index (χ4v) is 4.75. The summed E-state index contributed by atoms with van der Waals surface area (Å²) >= 11 is 2.09. The highest BCUT2D eigenvalue weighted by Gasteiger charge is 2.40. The number of piperazine rings is 1. The molecule has 0 radical (unpaired) electrons. The first kappa shape index (κ1) is 15.7. The van der Waals surface area contributed by atoms with Crippen molar-refractivity contribution >= 4 is 11.8 Å². The highest BCUT2D eigenvalue weighted by molar-refractivity contribution is 7.99. The summed E-state index contributed by atoms with van der Waals surface area (Å²) in [6, 6.07) is 2.21. The average Bonchev–Trinajstić information content (AvgIpc) is 2.85. The fraction of sp³-hybridized carbons (Fsp3) is 1.00. The van der Waals surface area contributed by atoms with Gasteiger partial charge in [-0.1, -0.05) is 34.1 Å². The molecule has 1 aliphatic carbocycles. The molecule has 1 saturated carbocycles. The fourth-order valence-electron chi connectivity index (χ4n) is 3.75. The number of rotatable bonds is 3. The maximum Gasteiger partial charge on any atom is 0.0244 e. The Morgan fingerprint density at radius 2 is 2.00 bits per heavy atom. The van der Waals surface area contributed by atoms with Crippen LogP contribution in [0.3, 0.4) is 0 Å². The predicted octanol–water partition coefficient (Wildman–Crippen LogP) is 3.37. The molecule has 4 atom stereocenters. The van der Waals surface area contributed by atoms with Gasteiger partial charge < -0.3 is 5.32 Å². The maximum absolute atomic E-state index is 3.80. The van der Waals surface area contributed by atoms with E-state index >= 15 is 0 Å². The third kappa shape index (κ3) is 3.48. The molecule has 1 saturated heterocycles. The van der Waals surface area contributed by atoms with Crippen LogP contribution in [0.25, 0.3) is 0 Å². The van der Waals surface area contributed by atoms with E-state index in [1.165, 1.54) is 38.8 Å². The smallest absolute Gasteiger partial charge is 0.0244 e. The lowest BCUT2D eigenvalue weighted by Crippen LogP contribution is -2.63. The van der Waals surface area contributed by atoms with Gasteiger partial charge in [-0.2, -0.15) is 11.8 Å². The molecule has 1 aliphatic heterocycles. The Bertz CT molecular complexity index is 287. The number of nitrogens with zero attached hydrogens (tertiary/aromatic N) is 1. The lowest BCUT2D eigenvalue weighted by Gasteiger charge is -2.48. The Morgan fingerprint density at radius 1 is 1.26 bits per heavy atom. The topological polar surface area (TPSA) is 15.3 Å². The van der Waals surface area contributed by atoms with Crippen molar-refractivity contribution < 1.29 is 0 Å². The first-order valence-electron chi connectivity index (χ1n) is 7.99. The zero-order valence-corrected chi connectivity index (χ0v) is 14.2. The van der Waals surface area contributed by atoms with Crippen LogP contribution in [-0.4, -0.2) is 47.6 Å². The van der Waals surface area contributed by atoms with E-state index in [4.69, 9.17) is 0 Å². The van der Waals surface area contributed by atoms with Crippen LogP contribution >= 0.6 is 11.8 Å².